The van der Waals surface area contributed by atoms with Gasteiger partial charge in [0.05, 0.1) is 10.5 Å². The number of carbonyl (C=O) groups excluding carboxylic acids is 1. The third kappa shape index (κ3) is 5.33. The maximum atomic E-state index is 13.4. The summed E-state index contributed by atoms with van der Waals surface area (Å²) < 4.78 is 68.5. The van der Waals surface area contributed by atoms with Crippen molar-refractivity contribution in [3.63, 3.8) is 0 Å². The second kappa shape index (κ2) is 9.61. The van der Waals surface area contributed by atoms with Gasteiger partial charge in [-0.15, -0.1) is 0 Å². The number of nitrogens with zero attached hydrogens (tertiary/aromatic N) is 1. The predicted molar refractivity (Wildman–Crippen MR) is 131 cm³/mol. The summed E-state index contributed by atoms with van der Waals surface area (Å²) in [5, 5.41) is 0.929. The van der Waals surface area contributed by atoms with Crippen LogP contribution in [0.2, 0.25) is 10.0 Å². The van der Waals surface area contributed by atoms with E-state index in [2.05, 4.69) is 0 Å². The number of hydrogen-bond donors (Lipinski definition) is 0. The minimum Gasteiger partial charge on any atom is -0.480 e. The second-order valence-corrected chi connectivity index (χ2v) is 11.3. The van der Waals surface area contributed by atoms with Gasteiger partial charge in [0, 0.05) is 35.0 Å². The molecule has 1 amide bonds. The fraction of sp³-hybridized carbons (Fsp3) is 0.240. The van der Waals surface area contributed by atoms with Gasteiger partial charge in [-0.1, -0.05) is 41.4 Å². The number of fused-ring (bicyclic) bond motifs is 1. The first kappa shape index (κ1) is 26.3. The minimum absolute atomic E-state index is 0.154. The number of rotatable bonds is 5. The van der Waals surface area contributed by atoms with Crippen LogP contribution in [-0.4, -0.2) is 37.8 Å². The molecular weight excluding hydrogens is 538 g/mol. The number of sulfone groups is 1. The monoisotopic (exact) mass is 557 g/mol. The number of amides is 1. The molecule has 36 heavy (non-hydrogen) atoms. The summed E-state index contributed by atoms with van der Waals surface area (Å²) >= 11 is 12.6. The van der Waals surface area contributed by atoms with Gasteiger partial charge in [0.15, 0.2) is 15.9 Å². The van der Waals surface area contributed by atoms with Crippen LogP contribution in [0, 0.1) is 0 Å². The Morgan fingerprint density at radius 1 is 1.00 bits per heavy atom. The average Bonchev–Trinajstić information content (AvgIpc) is 3.21. The van der Waals surface area contributed by atoms with Crippen LogP contribution in [0.4, 0.5) is 13.2 Å². The van der Waals surface area contributed by atoms with Crippen molar-refractivity contribution in [2.24, 2.45) is 0 Å². The van der Waals surface area contributed by atoms with Crippen molar-refractivity contribution in [2.45, 2.75) is 37.2 Å². The highest BCUT2D eigenvalue weighted by molar-refractivity contribution is 7.90. The van der Waals surface area contributed by atoms with E-state index in [9.17, 15) is 26.4 Å². The van der Waals surface area contributed by atoms with Crippen molar-refractivity contribution in [2.75, 3.05) is 6.26 Å². The van der Waals surface area contributed by atoms with Gasteiger partial charge in [-0.05, 0) is 60.0 Å². The fourth-order valence-corrected chi connectivity index (χ4v) is 5.17. The molecule has 0 radical (unpaired) electrons. The van der Waals surface area contributed by atoms with Crippen LogP contribution in [-0.2, 0) is 22.9 Å². The highest BCUT2D eigenvalue weighted by Crippen LogP contribution is 2.38. The molecule has 0 saturated heterocycles. The Morgan fingerprint density at radius 2 is 1.64 bits per heavy atom. The van der Waals surface area contributed by atoms with E-state index in [0.29, 0.717) is 15.6 Å². The van der Waals surface area contributed by atoms with E-state index in [4.69, 9.17) is 27.9 Å². The van der Waals surface area contributed by atoms with Crippen molar-refractivity contribution in [1.82, 2.24) is 4.90 Å². The van der Waals surface area contributed by atoms with E-state index in [0.717, 1.165) is 48.1 Å². The normalized spacial score (nSPS) is 14.5. The Morgan fingerprint density at radius 3 is 2.25 bits per heavy atom. The lowest BCUT2D eigenvalue weighted by atomic mass is 10.0. The minimum atomic E-state index is -4.67. The van der Waals surface area contributed by atoms with Crippen molar-refractivity contribution in [1.29, 1.82) is 0 Å². The Kier molecular flexibility index (Phi) is 7.02. The van der Waals surface area contributed by atoms with E-state index in [-0.39, 0.29) is 29.3 Å². The molecule has 0 aliphatic carbocycles. The second-order valence-electron chi connectivity index (χ2n) is 8.47. The summed E-state index contributed by atoms with van der Waals surface area (Å²) in [6, 6.07) is 13.9. The summed E-state index contributed by atoms with van der Waals surface area (Å²) in [4.78, 5) is 14.6. The molecule has 3 aromatic rings. The van der Waals surface area contributed by atoms with Gasteiger partial charge in [-0.3, -0.25) is 4.79 Å². The van der Waals surface area contributed by atoms with E-state index >= 15 is 0 Å². The van der Waals surface area contributed by atoms with Crippen LogP contribution in [0.15, 0.2) is 59.5 Å². The summed E-state index contributed by atoms with van der Waals surface area (Å²) in [5.41, 5.74) is 2.77. The Hall–Kier alpha value is -2.75. The zero-order chi connectivity index (χ0) is 26.4. The largest absolute Gasteiger partial charge is 0.480 e. The van der Waals surface area contributed by atoms with Crippen LogP contribution in [0.3, 0.4) is 0 Å². The van der Waals surface area contributed by atoms with Gasteiger partial charge in [-0.2, -0.15) is 13.2 Å². The van der Waals surface area contributed by atoms with E-state index < -0.39 is 28.0 Å². The van der Waals surface area contributed by atoms with Gasteiger partial charge in [-0.25, -0.2) is 8.42 Å². The SMILES string of the molecule is CC(Oc1ccc(S(C)(=O)=O)cc1C(=O)N1Cc2ccc(-c3c(Cl)cccc3Cl)cc2C1)C(F)(F)F. The lowest BCUT2D eigenvalue weighted by molar-refractivity contribution is -0.189. The van der Waals surface area contributed by atoms with Crippen molar-refractivity contribution < 1.29 is 31.1 Å². The van der Waals surface area contributed by atoms with E-state index in [1.165, 1.54) is 4.90 Å². The molecule has 0 fully saturated rings. The maximum absolute atomic E-state index is 13.4. The molecule has 0 saturated carbocycles. The Bertz CT molecular complexity index is 1440. The molecule has 0 bridgehead atoms. The van der Waals surface area contributed by atoms with Gasteiger partial charge in [0.25, 0.3) is 5.91 Å². The molecule has 1 aliphatic heterocycles. The molecule has 4 rings (SSSR count). The van der Waals surface area contributed by atoms with Crippen molar-refractivity contribution in [3.05, 3.63) is 81.3 Å². The first-order chi connectivity index (χ1) is 16.8. The van der Waals surface area contributed by atoms with E-state index in [1.54, 1.807) is 18.2 Å². The summed E-state index contributed by atoms with van der Waals surface area (Å²) in [7, 11) is -3.73. The third-order valence-corrected chi connectivity index (χ3v) is 7.58. The van der Waals surface area contributed by atoms with Crippen LogP contribution < -0.4 is 4.74 Å². The van der Waals surface area contributed by atoms with Crippen LogP contribution in [0.1, 0.15) is 28.4 Å². The third-order valence-electron chi connectivity index (χ3n) is 5.84. The van der Waals surface area contributed by atoms with E-state index in [1.807, 2.05) is 18.2 Å². The number of benzene rings is 3. The number of halogens is 5. The molecule has 0 N–H and O–H groups in total. The quantitative estimate of drug-likeness (QED) is 0.357. The number of hydrogen-bond acceptors (Lipinski definition) is 4. The molecule has 5 nitrogen and oxygen atoms in total. The fourth-order valence-electron chi connectivity index (χ4n) is 3.90. The van der Waals surface area contributed by atoms with Crippen molar-refractivity contribution in [3.8, 4) is 16.9 Å². The smallest absolute Gasteiger partial charge is 0.425 e. The van der Waals surface area contributed by atoms with Gasteiger partial charge in [0.2, 0.25) is 0 Å². The molecule has 1 aliphatic rings. The van der Waals surface area contributed by atoms with Crippen LogP contribution >= 0.6 is 23.2 Å². The molecule has 0 aromatic heterocycles. The zero-order valence-corrected chi connectivity index (χ0v) is 21.4. The molecule has 1 heterocycles. The predicted octanol–water partition coefficient (Wildman–Crippen LogP) is 6.55. The zero-order valence-electron chi connectivity index (χ0n) is 19.1. The molecule has 11 heteroatoms. The van der Waals surface area contributed by atoms with Gasteiger partial charge in [0.1, 0.15) is 5.75 Å². The van der Waals surface area contributed by atoms with Crippen LogP contribution in [0.5, 0.6) is 5.75 Å². The lowest BCUT2D eigenvalue weighted by Gasteiger charge is -2.22. The molecule has 3 aromatic carbocycles. The average molecular weight is 558 g/mol. The van der Waals surface area contributed by atoms with Gasteiger partial charge >= 0.3 is 6.18 Å². The van der Waals surface area contributed by atoms with Crippen molar-refractivity contribution >= 4 is 38.9 Å². The lowest BCUT2D eigenvalue weighted by Crippen LogP contribution is -2.32. The topological polar surface area (TPSA) is 63.7 Å². The molecule has 0 spiro atoms. The highest BCUT2D eigenvalue weighted by atomic mass is 35.5. The molecule has 190 valence electrons. The standard InChI is InChI=1S/C25H20Cl2F3NO4S/c1-14(25(28,29)30)35-22-9-8-18(36(2,33)34)11-19(22)24(32)31-12-16-7-6-15(10-17(16)13-31)23-20(26)4-3-5-21(23)27/h3-11,14H,12-13H2,1-2H3. The first-order valence-electron chi connectivity index (χ1n) is 10.7. The molecule has 1 unspecified atom stereocenters. The Labute approximate surface area is 216 Å². The molecular formula is C25H20Cl2F3NO4S. The summed E-state index contributed by atoms with van der Waals surface area (Å²) in [6.07, 6.45) is -5.93. The van der Waals surface area contributed by atoms with Gasteiger partial charge < -0.3 is 9.64 Å². The summed E-state index contributed by atoms with van der Waals surface area (Å²) in [6.45, 7) is 1.15. The Balaban J connectivity index is 1.68. The van der Waals surface area contributed by atoms with Crippen LogP contribution in [0.25, 0.3) is 11.1 Å². The first-order valence-corrected chi connectivity index (χ1v) is 13.3. The summed E-state index contributed by atoms with van der Waals surface area (Å²) in [5.74, 6) is -1.00. The highest BCUT2D eigenvalue weighted by Gasteiger charge is 2.39. The number of ether oxygens (including phenoxy) is 1. The number of alkyl halides is 3. The molecule has 1 atom stereocenters. The number of carbonyl (C=O) groups is 1. The maximum Gasteiger partial charge on any atom is 0.425 e.